The summed E-state index contributed by atoms with van der Waals surface area (Å²) in [7, 11) is -2.18. The first-order chi connectivity index (χ1) is 14.9. The van der Waals surface area contributed by atoms with Gasteiger partial charge in [0.15, 0.2) is 0 Å². The molecule has 1 amide bonds. The van der Waals surface area contributed by atoms with Gasteiger partial charge in [0.1, 0.15) is 11.1 Å². The van der Waals surface area contributed by atoms with Crippen LogP contribution in [0.2, 0.25) is 5.02 Å². The van der Waals surface area contributed by atoms with Gasteiger partial charge in [0.2, 0.25) is 5.91 Å². The predicted molar refractivity (Wildman–Crippen MR) is 124 cm³/mol. The van der Waals surface area contributed by atoms with Gasteiger partial charge in [-0.3, -0.25) is 14.4 Å². The molecule has 0 radical (unpaired) electrons. The molecule has 1 atom stereocenters. The second-order valence-electron chi connectivity index (χ2n) is 6.81. The summed E-state index contributed by atoms with van der Waals surface area (Å²) >= 11 is 7.35. The lowest BCUT2D eigenvalue weighted by molar-refractivity contribution is -0.115. The van der Waals surface area contributed by atoms with E-state index in [1.165, 1.54) is 36.0 Å². The minimum Gasteiger partial charge on any atom is -0.497 e. The molecule has 0 spiro atoms. The predicted octanol–water partition coefficient (Wildman–Crippen LogP) is 4.93. The fourth-order valence-electron chi connectivity index (χ4n) is 3.28. The number of ether oxygens (including phenoxy) is 1. The Kier molecular flexibility index (Phi) is 6.13. The summed E-state index contributed by atoms with van der Waals surface area (Å²) in [5.74, 6) is 1.04. The number of hydrogen-bond donors (Lipinski definition) is 1. The van der Waals surface area contributed by atoms with Crippen molar-refractivity contribution in [3.8, 4) is 5.75 Å². The molecule has 0 aromatic heterocycles. The molecule has 4 rings (SSSR count). The summed E-state index contributed by atoms with van der Waals surface area (Å²) in [6.07, 6.45) is 0. The van der Waals surface area contributed by atoms with Crippen molar-refractivity contribution in [1.29, 1.82) is 0 Å². The third-order valence-electron chi connectivity index (χ3n) is 4.77. The summed E-state index contributed by atoms with van der Waals surface area (Å²) in [6.45, 7) is 0. The van der Waals surface area contributed by atoms with Gasteiger partial charge in [-0.1, -0.05) is 23.7 Å². The molecule has 1 heterocycles. The Hall–Kier alpha value is -2.68. The molecular formula is C22H19ClN2O4S2. The van der Waals surface area contributed by atoms with E-state index in [1.54, 1.807) is 42.3 Å². The van der Waals surface area contributed by atoms with Crippen molar-refractivity contribution in [1.82, 2.24) is 0 Å². The molecule has 1 N–H and O–H groups in total. The Balaban J connectivity index is 1.60. The van der Waals surface area contributed by atoms with Gasteiger partial charge in [0.05, 0.1) is 17.8 Å². The van der Waals surface area contributed by atoms with Gasteiger partial charge in [-0.05, 0) is 66.2 Å². The number of methoxy groups -OCH3 is 1. The first-order valence-electron chi connectivity index (χ1n) is 9.33. The van der Waals surface area contributed by atoms with Gasteiger partial charge < -0.3 is 4.74 Å². The Morgan fingerprint density at radius 1 is 1.06 bits per heavy atom. The molecule has 0 aliphatic carbocycles. The van der Waals surface area contributed by atoms with Gasteiger partial charge in [-0.25, -0.2) is 8.42 Å². The van der Waals surface area contributed by atoms with Gasteiger partial charge in [-0.15, -0.1) is 11.8 Å². The van der Waals surface area contributed by atoms with E-state index in [1.807, 2.05) is 18.2 Å². The van der Waals surface area contributed by atoms with Crippen LogP contribution in [0.15, 0.2) is 77.7 Å². The summed E-state index contributed by atoms with van der Waals surface area (Å²) in [5, 5.41) is 0.198. The third-order valence-corrected chi connectivity index (χ3v) is 7.63. The van der Waals surface area contributed by atoms with Crippen molar-refractivity contribution in [3.63, 3.8) is 0 Å². The second kappa shape index (κ2) is 8.82. The van der Waals surface area contributed by atoms with Crippen molar-refractivity contribution in [2.45, 2.75) is 10.3 Å². The number of thioether (sulfide) groups is 1. The van der Waals surface area contributed by atoms with Crippen molar-refractivity contribution < 1.29 is 17.9 Å². The lowest BCUT2D eigenvalue weighted by Gasteiger charge is -2.25. The highest BCUT2D eigenvalue weighted by Crippen LogP contribution is 2.42. The Morgan fingerprint density at radius 3 is 2.45 bits per heavy atom. The SMILES string of the molecule is COc1ccc(N2C(=O)CSC2c2cccc(NS(=O)(=O)c3ccc(Cl)cc3)c2)cc1. The number of hydrogen-bond acceptors (Lipinski definition) is 5. The van der Waals surface area contributed by atoms with E-state index in [2.05, 4.69) is 4.72 Å². The number of rotatable bonds is 6. The number of carbonyl (C=O) groups is 1. The lowest BCUT2D eigenvalue weighted by Crippen LogP contribution is -2.27. The maximum atomic E-state index is 12.7. The van der Waals surface area contributed by atoms with E-state index in [-0.39, 0.29) is 16.2 Å². The van der Waals surface area contributed by atoms with Gasteiger partial charge >= 0.3 is 0 Å². The average Bonchev–Trinajstić information content (AvgIpc) is 3.15. The van der Waals surface area contributed by atoms with Crippen LogP contribution in [0.5, 0.6) is 5.75 Å². The summed E-state index contributed by atoms with van der Waals surface area (Å²) in [5.41, 5.74) is 2.00. The van der Waals surface area contributed by atoms with Crippen molar-refractivity contribution in [3.05, 3.63) is 83.4 Å². The van der Waals surface area contributed by atoms with E-state index in [0.717, 1.165) is 11.3 Å². The zero-order valence-electron chi connectivity index (χ0n) is 16.5. The molecule has 1 aliphatic rings. The molecule has 0 saturated carbocycles. The number of nitrogens with zero attached hydrogens (tertiary/aromatic N) is 1. The molecule has 3 aromatic carbocycles. The fraction of sp³-hybridized carbons (Fsp3) is 0.136. The minimum atomic E-state index is -3.76. The van der Waals surface area contributed by atoms with Crippen LogP contribution in [-0.4, -0.2) is 27.2 Å². The highest BCUT2D eigenvalue weighted by atomic mass is 35.5. The molecule has 31 heavy (non-hydrogen) atoms. The van der Waals surface area contributed by atoms with Crippen LogP contribution in [0.25, 0.3) is 0 Å². The molecule has 9 heteroatoms. The maximum Gasteiger partial charge on any atom is 0.261 e. The number of carbonyl (C=O) groups excluding carboxylic acids is 1. The quantitative estimate of drug-likeness (QED) is 0.548. The number of nitrogens with one attached hydrogen (secondary N) is 1. The van der Waals surface area contributed by atoms with Crippen LogP contribution in [0.1, 0.15) is 10.9 Å². The third kappa shape index (κ3) is 4.66. The van der Waals surface area contributed by atoms with Gasteiger partial charge in [0.25, 0.3) is 10.0 Å². The monoisotopic (exact) mass is 474 g/mol. The zero-order chi connectivity index (χ0) is 22.0. The van der Waals surface area contributed by atoms with Crippen LogP contribution in [0.4, 0.5) is 11.4 Å². The Bertz CT molecular complexity index is 1200. The van der Waals surface area contributed by atoms with Crippen LogP contribution < -0.4 is 14.4 Å². The van der Waals surface area contributed by atoms with Crippen LogP contribution >= 0.6 is 23.4 Å². The lowest BCUT2D eigenvalue weighted by atomic mass is 10.1. The molecule has 1 unspecified atom stereocenters. The zero-order valence-corrected chi connectivity index (χ0v) is 18.9. The molecule has 6 nitrogen and oxygen atoms in total. The van der Waals surface area contributed by atoms with Crippen LogP contribution in [0, 0.1) is 0 Å². The number of sulfonamides is 1. The Morgan fingerprint density at radius 2 is 1.77 bits per heavy atom. The smallest absolute Gasteiger partial charge is 0.261 e. The first kappa shape index (κ1) is 21.5. The van der Waals surface area contributed by atoms with Crippen molar-refractivity contribution in [2.24, 2.45) is 0 Å². The van der Waals surface area contributed by atoms with E-state index < -0.39 is 10.0 Å². The fourth-order valence-corrected chi connectivity index (χ4v) is 5.62. The molecule has 1 saturated heterocycles. The van der Waals surface area contributed by atoms with Crippen molar-refractivity contribution >= 4 is 50.7 Å². The second-order valence-corrected chi connectivity index (χ2v) is 10.00. The average molecular weight is 475 g/mol. The highest BCUT2D eigenvalue weighted by molar-refractivity contribution is 8.00. The van der Waals surface area contributed by atoms with Crippen LogP contribution in [-0.2, 0) is 14.8 Å². The van der Waals surface area contributed by atoms with Crippen LogP contribution in [0.3, 0.4) is 0 Å². The molecule has 3 aromatic rings. The summed E-state index contributed by atoms with van der Waals surface area (Å²) in [6, 6.07) is 20.3. The minimum absolute atomic E-state index is 0.00712. The first-order valence-corrected chi connectivity index (χ1v) is 12.2. The number of anilines is 2. The van der Waals surface area contributed by atoms with E-state index in [4.69, 9.17) is 16.3 Å². The van der Waals surface area contributed by atoms with E-state index in [9.17, 15) is 13.2 Å². The highest BCUT2D eigenvalue weighted by Gasteiger charge is 2.34. The molecular weight excluding hydrogens is 456 g/mol. The largest absolute Gasteiger partial charge is 0.497 e. The van der Waals surface area contributed by atoms with Crippen molar-refractivity contribution in [2.75, 3.05) is 22.5 Å². The van der Waals surface area contributed by atoms with Gasteiger partial charge in [-0.2, -0.15) is 0 Å². The molecule has 1 aliphatic heterocycles. The normalized spacial score (nSPS) is 16.4. The number of amides is 1. The Labute approximate surface area is 190 Å². The van der Waals surface area contributed by atoms with Gasteiger partial charge in [0, 0.05) is 16.4 Å². The maximum absolute atomic E-state index is 12.7. The molecule has 160 valence electrons. The standard InChI is InChI=1S/C22H19ClN2O4S2/c1-29-19-9-7-18(8-10-19)25-21(26)14-30-22(25)15-3-2-4-17(13-15)24-31(27,28)20-11-5-16(23)6-12-20/h2-13,22,24H,14H2,1H3. The summed E-state index contributed by atoms with van der Waals surface area (Å²) in [4.78, 5) is 14.4. The molecule has 0 bridgehead atoms. The summed E-state index contributed by atoms with van der Waals surface area (Å²) < 4.78 is 33.2. The van der Waals surface area contributed by atoms with E-state index in [0.29, 0.717) is 22.2 Å². The number of halogens is 1. The van der Waals surface area contributed by atoms with E-state index >= 15 is 0 Å². The molecule has 1 fully saturated rings. The topological polar surface area (TPSA) is 75.7 Å². The number of benzene rings is 3.